The SMILES string of the molecule is Nc1cc([N+](=O)[O-])c2[nH]c(=O)c3ccccc3c2c1. The predicted molar refractivity (Wildman–Crippen MR) is 73.1 cm³/mol. The molecule has 0 saturated carbocycles. The molecule has 1 aromatic heterocycles. The van der Waals surface area contributed by atoms with Gasteiger partial charge in [0.25, 0.3) is 11.2 Å². The molecule has 3 aromatic rings. The number of H-pyrrole nitrogens is 1. The molecule has 0 radical (unpaired) electrons. The first-order valence-electron chi connectivity index (χ1n) is 5.56. The van der Waals surface area contributed by atoms with Crippen molar-refractivity contribution in [3.05, 3.63) is 56.9 Å². The van der Waals surface area contributed by atoms with E-state index in [2.05, 4.69) is 4.98 Å². The fraction of sp³-hybridized carbons (Fsp3) is 0. The summed E-state index contributed by atoms with van der Waals surface area (Å²) in [5.41, 5.74) is 5.63. The minimum absolute atomic E-state index is 0.196. The first-order valence-corrected chi connectivity index (χ1v) is 5.56. The minimum Gasteiger partial charge on any atom is -0.399 e. The Morgan fingerprint density at radius 3 is 2.47 bits per heavy atom. The van der Waals surface area contributed by atoms with E-state index in [0.717, 1.165) is 0 Å². The Bertz CT molecular complexity index is 883. The number of nitrogens with zero attached hydrogens (tertiary/aromatic N) is 1. The van der Waals surface area contributed by atoms with E-state index in [-0.39, 0.29) is 22.5 Å². The maximum Gasteiger partial charge on any atom is 0.295 e. The first kappa shape index (κ1) is 11.2. The third-order valence-electron chi connectivity index (χ3n) is 3.04. The molecular weight excluding hydrogens is 246 g/mol. The van der Waals surface area contributed by atoms with Crippen LogP contribution >= 0.6 is 0 Å². The van der Waals surface area contributed by atoms with Crippen LogP contribution in [0.4, 0.5) is 11.4 Å². The molecule has 0 atom stereocenters. The number of hydrogen-bond acceptors (Lipinski definition) is 4. The van der Waals surface area contributed by atoms with Crippen molar-refractivity contribution in [1.82, 2.24) is 4.98 Å². The first-order chi connectivity index (χ1) is 9.08. The minimum atomic E-state index is -0.552. The van der Waals surface area contributed by atoms with Gasteiger partial charge in [0.2, 0.25) is 0 Å². The highest BCUT2D eigenvalue weighted by Crippen LogP contribution is 2.30. The standard InChI is InChI=1S/C13H9N3O3/c14-7-5-10-8-3-1-2-4-9(8)13(17)15-12(10)11(6-7)16(18)19/h1-6H,14H2,(H,15,17). The Labute approximate surface area is 106 Å². The molecule has 6 nitrogen and oxygen atoms in total. The highest BCUT2D eigenvalue weighted by atomic mass is 16.6. The molecule has 0 bridgehead atoms. The van der Waals surface area contributed by atoms with Gasteiger partial charge in [-0.05, 0) is 17.5 Å². The molecule has 3 rings (SSSR count). The number of rotatable bonds is 1. The van der Waals surface area contributed by atoms with Crippen LogP contribution in [0.2, 0.25) is 0 Å². The fourth-order valence-corrected chi connectivity index (χ4v) is 2.23. The van der Waals surface area contributed by atoms with E-state index in [4.69, 9.17) is 5.73 Å². The van der Waals surface area contributed by atoms with E-state index in [0.29, 0.717) is 16.2 Å². The van der Waals surface area contributed by atoms with E-state index in [9.17, 15) is 14.9 Å². The van der Waals surface area contributed by atoms with E-state index in [1.807, 2.05) is 0 Å². The molecule has 6 heteroatoms. The van der Waals surface area contributed by atoms with Crippen molar-refractivity contribution in [2.75, 3.05) is 5.73 Å². The molecule has 3 N–H and O–H groups in total. The zero-order valence-electron chi connectivity index (χ0n) is 9.71. The predicted octanol–water partition coefficient (Wildman–Crippen LogP) is 2.17. The summed E-state index contributed by atoms with van der Waals surface area (Å²) >= 11 is 0. The lowest BCUT2D eigenvalue weighted by Gasteiger charge is -2.05. The van der Waals surface area contributed by atoms with Gasteiger partial charge >= 0.3 is 0 Å². The van der Waals surface area contributed by atoms with Gasteiger partial charge in [-0.1, -0.05) is 18.2 Å². The van der Waals surface area contributed by atoms with Crippen LogP contribution in [0.5, 0.6) is 0 Å². The van der Waals surface area contributed by atoms with Crippen LogP contribution in [0.15, 0.2) is 41.2 Å². The van der Waals surface area contributed by atoms with Gasteiger partial charge in [0.05, 0.1) is 4.92 Å². The van der Waals surface area contributed by atoms with Crippen LogP contribution in [0.1, 0.15) is 0 Å². The van der Waals surface area contributed by atoms with Gasteiger partial charge in [-0.15, -0.1) is 0 Å². The lowest BCUT2D eigenvalue weighted by atomic mass is 10.1. The van der Waals surface area contributed by atoms with Crippen LogP contribution in [0.25, 0.3) is 21.7 Å². The molecule has 1 heterocycles. The smallest absolute Gasteiger partial charge is 0.295 e. The average Bonchev–Trinajstić information content (AvgIpc) is 2.39. The molecule has 0 fully saturated rings. The maximum absolute atomic E-state index is 11.9. The Kier molecular flexibility index (Phi) is 2.25. The van der Waals surface area contributed by atoms with Crippen molar-refractivity contribution in [2.24, 2.45) is 0 Å². The number of aromatic nitrogens is 1. The number of nitrogen functional groups attached to an aromatic ring is 1. The lowest BCUT2D eigenvalue weighted by Crippen LogP contribution is -2.08. The topological polar surface area (TPSA) is 102 Å². The summed E-state index contributed by atoms with van der Waals surface area (Å²) in [4.78, 5) is 25.0. The van der Waals surface area contributed by atoms with Gasteiger partial charge in [-0.25, -0.2) is 0 Å². The van der Waals surface area contributed by atoms with Gasteiger partial charge in [0.1, 0.15) is 5.52 Å². The number of nitro benzene ring substituents is 1. The number of nitrogens with one attached hydrogen (secondary N) is 1. The zero-order valence-corrected chi connectivity index (χ0v) is 9.71. The highest BCUT2D eigenvalue weighted by molar-refractivity contribution is 6.09. The summed E-state index contributed by atoms with van der Waals surface area (Å²) in [5, 5.41) is 12.7. The molecule has 0 spiro atoms. The van der Waals surface area contributed by atoms with Gasteiger partial charge in [-0.2, -0.15) is 0 Å². The number of hydrogen-bond donors (Lipinski definition) is 2. The molecule has 94 valence electrons. The van der Waals surface area contributed by atoms with E-state index in [1.54, 1.807) is 30.3 Å². The van der Waals surface area contributed by atoms with Crippen LogP contribution in [0.3, 0.4) is 0 Å². The molecule has 19 heavy (non-hydrogen) atoms. The van der Waals surface area contributed by atoms with Crippen LogP contribution < -0.4 is 11.3 Å². The number of non-ortho nitro benzene ring substituents is 1. The zero-order chi connectivity index (χ0) is 13.6. The molecule has 0 aliphatic carbocycles. The average molecular weight is 255 g/mol. The summed E-state index contributed by atoms with van der Waals surface area (Å²) in [5.74, 6) is 0. The second kappa shape index (κ2) is 3.81. The largest absolute Gasteiger partial charge is 0.399 e. The van der Waals surface area contributed by atoms with E-state index >= 15 is 0 Å². The fourth-order valence-electron chi connectivity index (χ4n) is 2.23. The lowest BCUT2D eigenvalue weighted by molar-refractivity contribution is -0.383. The van der Waals surface area contributed by atoms with Crippen molar-refractivity contribution >= 4 is 33.1 Å². The van der Waals surface area contributed by atoms with Gasteiger partial charge < -0.3 is 10.7 Å². The quantitative estimate of drug-likeness (QED) is 0.301. The Morgan fingerprint density at radius 2 is 1.79 bits per heavy atom. The normalized spacial score (nSPS) is 10.9. The molecule has 0 aliphatic rings. The molecule has 0 saturated heterocycles. The number of nitro groups is 1. The monoisotopic (exact) mass is 255 g/mol. The van der Waals surface area contributed by atoms with Gasteiger partial charge in [0, 0.05) is 22.5 Å². The number of pyridine rings is 1. The summed E-state index contributed by atoms with van der Waals surface area (Å²) in [7, 11) is 0. The van der Waals surface area contributed by atoms with Gasteiger partial charge in [0.15, 0.2) is 0 Å². The molecule has 0 amide bonds. The van der Waals surface area contributed by atoms with Gasteiger partial charge in [-0.3, -0.25) is 14.9 Å². The number of benzene rings is 2. The van der Waals surface area contributed by atoms with E-state index < -0.39 is 4.92 Å². The third kappa shape index (κ3) is 1.61. The Hall–Kier alpha value is -2.89. The van der Waals surface area contributed by atoms with Crippen LogP contribution in [0, 0.1) is 10.1 Å². The molecule has 2 aromatic carbocycles. The van der Waals surface area contributed by atoms with Crippen molar-refractivity contribution < 1.29 is 4.92 Å². The number of fused-ring (bicyclic) bond motifs is 3. The summed E-state index contributed by atoms with van der Waals surface area (Å²) in [6.07, 6.45) is 0. The highest BCUT2D eigenvalue weighted by Gasteiger charge is 2.16. The summed E-state index contributed by atoms with van der Waals surface area (Å²) in [6.45, 7) is 0. The molecule has 0 aliphatic heterocycles. The number of anilines is 1. The van der Waals surface area contributed by atoms with Crippen molar-refractivity contribution in [3.63, 3.8) is 0 Å². The van der Waals surface area contributed by atoms with Crippen molar-refractivity contribution in [1.29, 1.82) is 0 Å². The number of nitrogens with two attached hydrogens (primary N) is 1. The van der Waals surface area contributed by atoms with Crippen molar-refractivity contribution in [2.45, 2.75) is 0 Å². The van der Waals surface area contributed by atoms with E-state index in [1.165, 1.54) is 6.07 Å². The Balaban J connectivity index is 2.64. The molecular formula is C13H9N3O3. The third-order valence-corrected chi connectivity index (χ3v) is 3.04. The Morgan fingerprint density at radius 1 is 1.11 bits per heavy atom. The maximum atomic E-state index is 11.9. The summed E-state index contributed by atoms with van der Waals surface area (Å²) in [6, 6.07) is 9.80. The second-order valence-electron chi connectivity index (χ2n) is 4.22. The summed E-state index contributed by atoms with van der Waals surface area (Å²) < 4.78 is 0. The molecule has 0 unspecified atom stereocenters. The van der Waals surface area contributed by atoms with Crippen LogP contribution in [-0.2, 0) is 0 Å². The second-order valence-corrected chi connectivity index (χ2v) is 4.22. The van der Waals surface area contributed by atoms with Crippen LogP contribution in [-0.4, -0.2) is 9.91 Å². The number of aromatic amines is 1. The van der Waals surface area contributed by atoms with Crippen molar-refractivity contribution in [3.8, 4) is 0 Å².